The quantitative estimate of drug-likeness (QED) is 0.901. The van der Waals surface area contributed by atoms with Gasteiger partial charge in [0.25, 0.3) is 5.91 Å². The van der Waals surface area contributed by atoms with Gasteiger partial charge in [0.2, 0.25) is 0 Å². The highest BCUT2D eigenvalue weighted by Crippen LogP contribution is 2.21. The maximum atomic E-state index is 12.6. The van der Waals surface area contributed by atoms with Crippen LogP contribution in [0, 0.1) is 5.92 Å². The van der Waals surface area contributed by atoms with Crippen molar-refractivity contribution >= 4 is 11.7 Å². The summed E-state index contributed by atoms with van der Waals surface area (Å²) in [5.41, 5.74) is 0.749. The molecular weight excluding hydrogens is 262 g/mol. The minimum atomic E-state index is 0.147. The van der Waals surface area contributed by atoms with E-state index in [0.29, 0.717) is 0 Å². The molecular formula is C17H27N3O. The molecule has 2 heterocycles. The summed E-state index contributed by atoms with van der Waals surface area (Å²) in [6, 6.07) is 3.70. The van der Waals surface area contributed by atoms with E-state index in [0.717, 1.165) is 56.2 Å². The predicted molar refractivity (Wildman–Crippen MR) is 86.6 cm³/mol. The van der Waals surface area contributed by atoms with Crippen LogP contribution in [0.15, 0.2) is 18.3 Å². The largest absolute Gasteiger partial charge is 0.370 e. The Hall–Kier alpha value is -1.58. The van der Waals surface area contributed by atoms with Crippen molar-refractivity contribution in [2.75, 3.05) is 25.0 Å². The maximum Gasteiger partial charge on any atom is 0.254 e. The summed E-state index contributed by atoms with van der Waals surface area (Å²) < 4.78 is 0. The number of rotatable bonds is 5. The van der Waals surface area contributed by atoms with Crippen molar-refractivity contribution in [1.29, 1.82) is 0 Å². The Morgan fingerprint density at radius 3 is 3.00 bits per heavy atom. The highest BCUT2D eigenvalue weighted by Gasteiger charge is 2.21. The second kappa shape index (κ2) is 8.01. The van der Waals surface area contributed by atoms with Gasteiger partial charge in [-0.2, -0.15) is 0 Å². The van der Waals surface area contributed by atoms with Gasteiger partial charge in [0, 0.05) is 31.4 Å². The normalized spacial score (nSPS) is 19.1. The first-order valence-electron chi connectivity index (χ1n) is 8.23. The number of aromatic nitrogens is 1. The van der Waals surface area contributed by atoms with Crippen molar-refractivity contribution in [1.82, 2.24) is 9.88 Å². The zero-order valence-electron chi connectivity index (χ0n) is 13.3. The third-order valence-electron chi connectivity index (χ3n) is 4.28. The van der Waals surface area contributed by atoms with Crippen molar-refractivity contribution in [3.8, 4) is 0 Å². The molecule has 0 aromatic carbocycles. The van der Waals surface area contributed by atoms with Gasteiger partial charge in [-0.25, -0.2) is 4.98 Å². The molecule has 1 atom stereocenters. The van der Waals surface area contributed by atoms with Gasteiger partial charge >= 0.3 is 0 Å². The fourth-order valence-electron chi connectivity index (χ4n) is 2.87. The van der Waals surface area contributed by atoms with Gasteiger partial charge in [-0.1, -0.05) is 20.3 Å². The van der Waals surface area contributed by atoms with E-state index in [9.17, 15) is 4.79 Å². The van der Waals surface area contributed by atoms with Crippen molar-refractivity contribution < 1.29 is 4.79 Å². The number of carbonyl (C=O) groups is 1. The molecule has 0 saturated carbocycles. The summed E-state index contributed by atoms with van der Waals surface area (Å²) in [6.45, 7) is 7.01. The molecule has 1 aromatic rings. The summed E-state index contributed by atoms with van der Waals surface area (Å²) in [6.07, 6.45) is 7.50. The molecule has 2 rings (SSSR count). The Morgan fingerprint density at radius 2 is 2.24 bits per heavy atom. The lowest BCUT2D eigenvalue weighted by Gasteiger charge is -2.21. The van der Waals surface area contributed by atoms with Crippen LogP contribution in [0.3, 0.4) is 0 Å². The molecule has 4 heteroatoms. The van der Waals surface area contributed by atoms with Crippen LogP contribution in [0.2, 0.25) is 0 Å². The minimum Gasteiger partial charge on any atom is -0.370 e. The molecule has 0 bridgehead atoms. The maximum absolute atomic E-state index is 12.6. The second-order valence-electron chi connectivity index (χ2n) is 5.85. The van der Waals surface area contributed by atoms with E-state index in [2.05, 4.69) is 24.1 Å². The zero-order chi connectivity index (χ0) is 15.1. The third-order valence-corrected chi connectivity index (χ3v) is 4.28. The molecule has 0 aliphatic carbocycles. The average molecular weight is 289 g/mol. The fraction of sp³-hybridized carbons (Fsp3) is 0.647. The van der Waals surface area contributed by atoms with Gasteiger partial charge in [0.05, 0.1) is 0 Å². The summed E-state index contributed by atoms with van der Waals surface area (Å²) in [5, 5.41) is 3.24. The van der Waals surface area contributed by atoms with Crippen LogP contribution < -0.4 is 5.32 Å². The van der Waals surface area contributed by atoms with Gasteiger partial charge in [-0.3, -0.25) is 4.79 Å². The molecule has 1 N–H and O–H groups in total. The number of nitrogens with one attached hydrogen (secondary N) is 1. The number of amides is 1. The standard InChI is InChI=1S/C17H27N3O/c1-3-9-18-16-13-15(7-10-19-16)17(21)20-11-5-6-14(4-2)8-12-20/h7,10,13-14H,3-6,8-9,11-12H2,1-2H3,(H,18,19). The highest BCUT2D eigenvalue weighted by molar-refractivity contribution is 5.94. The molecule has 21 heavy (non-hydrogen) atoms. The van der Waals surface area contributed by atoms with Crippen molar-refractivity contribution in [3.63, 3.8) is 0 Å². The first kappa shape index (κ1) is 15.8. The van der Waals surface area contributed by atoms with Crippen LogP contribution in [-0.2, 0) is 0 Å². The molecule has 116 valence electrons. The molecule has 1 amide bonds. The zero-order valence-corrected chi connectivity index (χ0v) is 13.3. The topological polar surface area (TPSA) is 45.2 Å². The van der Waals surface area contributed by atoms with Crippen LogP contribution in [0.4, 0.5) is 5.82 Å². The first-order chi connectivity index (χ1) is 10.2. The predicted octanol–water partition coefficient (Wildman–Crippen LogP) is 3.56. The lowest BCUT2D eigenvalue weighted by atomic mass is 9.98. The van der Waals surface area contributed by atoms with E-state index < -0.39 is 0 Å². The van der Waals surface area contributed by atoms with Crippen LogP contribution in [-0.4, -0.2) is 35.4 Å². The molecule has 1 saturated heterocycles. The Morgan fingerprint density at radius 1 is 1.38 bits per heavy atom. The molecule has 4 nitrogen and oxygen atoms in total. The molecule has 1 aliphatic heterocycles. The SMILES string of the molecule is CCCNc1cc(C(=O)N2CCCC(CC)CC2)ccn1. The highest BCUT2D eigenvalue weighted by atomic mass is 16.2. The van der Waals surface area contributed by atoms with Crippen LogP contribution in [0.25, 0.3) is 0 Å². The Balaban J connectivity index is 2.01. The third kappa shape index (κ3) is 4.45. The lowest BCUT2D eigenvalue weighted by molar-refractivity contribution is 0.0760. The number of likely N-dealkylation sites (tertiary alicyclic amines) is 1. The number of nitrogens with zero attached hydrogens (tertiary/aromatic N) is 2. The number of carbonyl (C=O) groups excluding carboxylic acids is 1. The number of hydrogen-bond donors (Lipinski definition) is 1. The molecule has 1 aromatic heterocycles. The van der Waals surface area contributed by atoms with Crippen LogP contribution in [0.1, 0.15) is 56.3 Å². The van der Waals surface area contributed by atoms with E-state index in [1.165, 1.54) is 12.8 Å². The summed E-state index contributed by atoms with van der Waals surface area (Å²) in [4.78, 5) is 18.9. The average Bonchev–Trinajstić information content (AvgIpc) is 2.78. The van der Waals surface area contributed by atoms with E-state index in [1.54, 1.807) is 6.20 Å². The minimum absolute atomic E-state index is 0.147. The second-order valence-corrected chi connectivity index (χ2v) is 5.85. The van der Waals surface area contributed by atoms with Gasteiger partial charge < -0.3 is 10.2 Å². The summed E-state index contributed by atoms with van der Waals surface area (Å²) in [7, 11) is 0. The number of pyridine rings is 1. The number of anilines is 1. The van der Waals surface area contributed by atoms with Gasteiger partial charge in [-0.05, 0) is 43.7 Å². The van der Waals surface area contributed by atoms with Crippen molar-refractivity contribution in [2.24, 2.45) is 5.92 Å². The van der Waals surface area contributed by atoms with Gasteiger partial charge in [-0.15, -0.1) is 0 Å². The smallest absolute Gasteiger partial charge is 0.254 e. The Labute approximate surface area is 127 Å². The molecule has 1 fully saturated rings. The van der Waals surface area contributed by atoms with Crippen molar-refractivity contribution in [2.45, 2.75) is 46.0 Å². The first-order valence-corrected chi connectivity index (χ1v) is 8.23. The Kier molecular flexibility index (Phi) is 6.03. The Bertz CT molecular complexity index is 461. The van der Waals surface area contributed by atoms with E-state index in [4.69, 9.17) is 0 Å². The summed E-state index contributed by atoms with van der Waals surface area (Å²) >= 11 is 0. The van der Waals surface area contributed by atoms with Gasteiger partial charge in [0.1, 0.15) is 5.82 Å². The summed E-state index contributed by atoms with van der Waals surface area (Å²) in [5.74, 6) is 1.72. The van der Waals surface area contributed by atoms with E-state index >= 15 is 0 Å². The molecule has 1 unspecified atom stereocenters. The van der Waals surface area contributed by atoms with Gasteiger partial charge in [0.15, 0.2) is 0 Å². The van der Waals surface area contributed by atoms with Crippen molar-refractivity contribution in [3.05, 3.63) is 23.9 Å². The monoisotopic (exact) mass is 289 g/mol. The number of hydrogen-bond acceptors (Lipinski definition) is 3. The fourth-order valence-corrected chi connectivity index (χ4v) is 2.87. The molecule has 1 aliphatic rings. The van der Waals surface area contributed by atoms with Crippen LogP contribution >= 0.6 is 0 Å². The molecule has 0 spiro atoms. The van der Waals surface area contributed by atoms with E-state index in [1.807, 2.05) is 17.0 Å². The molecule has 0 radical (unpaired) electrons. The van der Waals surface area contributed by atoms with E-state index in [-0.39, 0.29) is 5.91 Å². The van der Waals surface area contributed by atoms with Crippen LogP contribution in [0.5, 0.6) is 0 Å². The lowest BCUT2D eigenvalue weighted by Crippen LogP contribution is -2.32.